The number of carbonyl (C=O) groups is 1. The summed E-state index contributed by atoms with van der Waals surface area (Å²) in [5, 5.41) is 10.6. The van der Waals surface area contributed by atoms with Crippen LogP contribution in [0.2, 0.25) is 0 Å². The minimum absolute atomic E-state index is 0.000560. The van der Waals surface area contributed by atoms with Gasteiger partial charge in [-0.2, -0.15) is 5.10 Å². The molecule has 42 heavy (non-hydrogen) atoms. The first-order valence-electron chi connectivity index (χ1n) is 12.9. The first-order valence-corrected chi connectivity index (χ1v) is 13.7. The van der Waals surface area contributed by atoms with E-state index in [0.29, 0.717) is 29.0 Å². The Morgan fingerprint density at radius 1 is 1.12 bits per heavy atom. The Kier molecular flexibility index (Phi) is 7.16. The Hall–Kier alpha value is -5.42. The van der Waals surface area contributed by atoms with E-state index in [1.54, 1.807) is 43.7 Å². The number of benzene rings is 2. The van der Waals surface area contributed by atoms with E-state index in [2.05, 4.69) is 37.0 Å². The van der Waals surface area contributed by atoms with Crippen molar-refractivity contribution in [3.8, 4) is 44.6 Å². The lowest BCUT2D eigenvalue weighted by molar-refractivity contribution is -0.116. The summed E-state index contributed by atoms with van der Waals surface area (Å²) in [6.45, 7) is 5.65. The average molecular weight is 578 g/mol. The molecule has 0 saturated carbocycles. The number of nitrogen functional groups attached to an aromatic ring is 1. The van der Waals surface area contributed by atoms with Crippen LogP contribution in [0.25, 0.3) is 42.9 Å². The lowest BCUT2D eigenvalue weighted by Gasteiger charge is -2.11. The number of halogens is 1. The van der Waals surface area contributed by atoms with Crippen molar-refractivity contribution in [3.63, 3.8) is 0 Å². The van der Waals surface area contributed by atoms with Crippen LogP contribution in [0.5, 0.6) is 11.8 Å². The van der Waals surface area contributed by atoms with E-state index in [0.717, 1.165) is 37.5 Å². The van der Waals surface area contributed by atoms with Gasteiger partial charge in [-0.3, -0.25) is 9.89 Å². The summed E-state index contributed by atoms with van der Waals surface area (Å²) >= 11 is 1.53. The van der Waals surface area contributed by atoms with E-state index in [4.69, 9.17) is 10.5 Å². The maximum absolute atomic E-state index is 15.5. The fourth-order valence-electron chi connectivity index (χ4n) is 4.55. The van der Waals surface area contributed by atoms with E-state index >= 15 is 4.39 Å². The molecule has 11 heteroatoms. The highest BCUT2D eigenvalue weighted by Gasteiger charge is 2.23. The third kappa shape index (κ3) is 5.20. The highest BCUT2D eigenvalue weighted by Crippen LogP contribution is 2.49. The zero-order valence-electron chi connectivity index (χ0n) is 22.4. The van der Waals surface area contributed by atoms with E-state index in [9.17, 15) is 4.79 Å². The van der Waals surface area contributed by atoms with Crippen molar-refractivity contribution in [1.82, 2.24) is 30.5 Å². The fraction of sp³-hybridized carbons (Fsp3) is 0.0645. The van der Waals surface area contributed by atoms with Crippen LogP contribution in [0.3, 0.4) is 0 Å². The predicted octanol–water partition coefficient (Wildman–Crippen LogP) is 6.43. The summed E-state index contributed by atoms with van der Waals surface area (Å²) in [4.78, 5) is 25.2. The Morgan fingerprint density at radius 2 is 1.93 bits per heavy atom. The average Bonchev–Trinajstić information content (AvgIpc) is 3.67. The number of nitrogens with two attached hydrogens (primary N) is 1. The van der Waals surface area contributed by atoms with Crippen molar-refractivity contribution in [1.29, 1.82) is 0 Å². The van der Waals surface area contributed by atoms with Crippen LogP contribution < -0.4 is 15.8 Å². The molecule has 208 valence electrons. The van der Waals surface area contributed by atoms with Gasteiger partial charge in [-0.1, -0.05) is 36.9 Å². The van der Waals surface area contributed by atoms with Gasteiger partial charge in [0.25, 0.3) is 0 Å². The van der Waals surface area contributed by atoms with E-state index in [1.165, 1.54) is 23.5 Å². The zero-order chi connectivity index (χ0) is 29.2. The summed E-state index contributed by atoms with van der Waals surface area (Å²) in [5.41, 5.74) is 12.0. The molecule has 0 atom stereocenters. The molecule has 2 aromatic carbocycles. The summed E-state index contributed by atoms with van der Waals surface area (Å²) in [7, 11) is 0. The lowest BCUT2D eigenvalue weighted by atomic mass is 9.97. The Labute approximate surface area is 244 Å². The number of rotatable bonds is 8. The van der Waals surface area contributed by atoms with Crippen molar-refractivity contribution in [2.45, 2.75) is 13.5 Å². The first kappa shape index (κ1) is 26.8. The number of pyridine rings is 1. The second-order valence-corrected chi connectivity index (χ2v) is 10.4. The number of H-pyrrole nitrogens is 1. The van der Waals surface area contributed by atoms with Crippen LogP contribution in [-0.4, -0.2) is 31.1 Å². The minimum atomic E-state index is -0.576. The highest BCUT2D eigenvalue weighted by molar-refractivity contribution is 7.23. The fourth-order valence-corrected chi connectivity index (χ4v) is 5.91. The van der Waals surface area contributed by atoms with Crippen molar-refractivity contribution < 1.29 is 13.9 Å². The number of nitrogens with one attached hydrogen (secondary N) is 2. The molecule has 0 spiro atoms. The topological polar surface area (TPSA) is 132 Å². The Morgan fingerprint density at radius 3 is 2.64 bits per heavy atom. The van der Waals surface area contributed by atoms with Crippen LogP contribution >= 0.6 is 11.3 Å². The van der Waals surface area contributed by atoms with Crippen LogP contribution in [0.15, 0.2) is 85.8 Å². The van der Waals surface area contributed by atoms with Crippen molar-refractivity contribution in [3.05, 3.63) is 103 Å². The summed E-state index contributed by atoms with van der Waals surface area (Å²) in [6.07, 6.45) is 6.17. The highest BCUT2D eigenvalue weighted by atomic mass is 32.1. The molecule has 4 aromatic heterocycles. The van der Waals surface area contributed by atoms with Gasteiger partial charge in [0.1, 0.15) is 5.82 Å². The lowest BCUT2D eigenvalue weighted by Crippen LogP contribution is -2.19. The van der Waals surface area contributed by atoms with Crippen LogP contribution in [0.4, 0.5) is 10.2 Å². The van der Waals surface area contributed by atoms with Gasteiger partial charge in [-0.15, -0.1) is 11.3 Å². The van der Waals surface area contributed by atoms with Crippen molar-refractivity contribution >= 4 is 33.1 Å². The molecule has 0 saturated heterocycles. The summed E-state index contributed by atoms with van der Waals surface area (Å²) < 4.78 is 22.0. The molecule has 4 N–H and O–H groups in total. The number of aromatic amines is 1. The number of anilines is 1. The number of hydrogen-bond acceptors (Lipinski definition) is 8. The maximum atomic E-state index is 15.5. The number of carbonyl (C=O) groups excluding carboxylic acids is 1. The van der Waals surface area contributed by atoms with Crippen molar-refractivity contribution in [2.75, 3.05) is 5.73 Å². The number of hydrogen-bond donors (Lipinski definition) is 3. The third-order valence-corrected chi connectivity index (χ3v) is 7.87. The molecule has 0 bridgehead atoms. The molecule has 1 amide bonds. The second kappa shape index (κ2) is 11.2. The molecule has 0 radical (unpaired) electrons. The Bertz CT molecular complexity index is 1940. The second-order valence-electron chi connectivity index (χ2n) is 9.38. The van der Waals surface area contributed by atoms with Crippen LogP contribution in [0, 0.1) is 12.7 Å². The molecule has 0 aliphatic rings. The smallest absolute Gasteiger partial charge is 0.322 e. The van der Waals surface area contributed by atoms with Gasteiger partial charge in [0.15, 0.2) is 11.6 Å². The molecule has 9 nitrogen and oxygen atoms in total. The van der Waals surface area contributed by atoms with Crippen LogP contribution in [0.1, 0.15) is 11.3 Å². The van der Waals surface area contributed by atoms with E-state index in [1.807, 2.05) is 30.3 Å². The summed E-state index contributed by atoms with van der Waals surface area (Å²) in [5.74, 6) is -0.500. The molecule has 4 heterocycles. The number of ether oxygens (including phenoxy) is 1. The molecule has 0 fully saturated rings. The zero-order valence-corrected chi connectivity index (χ0v) is 23.2. The first-order chi connectivity index (χ1) is 20.4. The molecular weight excluding hydrogens is 553 g/mol. The third-order valence-electron chi connectivity index (χ3n) is 6.60. The monoisotopic (exact) mass is 577 g/mol. The molecule has 0 aliphatic carbocycles. The van der Waals surface area contributed by atoms with E-state index in [-0.39, 0.29) is 17.7 Å². The Balaban J connectivity index is 1.48. The summed E-state index contributed by atoms with van der Waals surface area (Å²) in [6, 6.07) is 16.2. The van der Waals surface area contributed by atoms with Gasteiger partial charge < -0.3 is 15.8 Å². The quantitative estimate of drug-likeness (QED) is 0.178. The largest absolute Gasteiger partial charge is 0.421 e. The number of aromatic nitrogens is 5. The van der Waals surface area contributed by atoms with Gasteiger partial charge in [0.2, 0.25) is 5.91 Å². The molecule has 6 aromatic rings. The van der Waals surface area contributed by atoms with Crippen LogP contribution in [-0.2, 0) is 11.3 Å². The molecule has 0 unspecified atom stereocenters. The molecule has 0 aliphatic heterocycles. The number of thiophene rings is 1. The maximum Gasteiger partial charge on any atom is 0.322 e. The predicted molar refractivity (Wildman–Crippen MR) is 161 cm³/mol. The number of aryl methyl sites for hydroxylation is 1. The van der Waals surface area contributed by atoms with Gasteiger partial charge in [0.05, 0.1) is 10.4 Å². The minimum Gasteiger partial charge on any atom is -0.421 e. The number of amides is 1. The SMILES string of the molecule is C=CC(=O)NCc1ccc(-c2sc3c(-c4ccn[nH]4)cnc(N)c3c2-c2ccc(Oc3nccc(C)n3)c(F)c2)cc1. The van der Waals surface area contributed by atoms with Gasteiger partial charge in [-0.25, -0.2) is 19.3 Å². The van der Waals surface area contributed by atoms with Gasteiger partial charge in [0, 0.05) is 52.2 Å². The number of nitrogens with zero attached hydrogens (tertiary/aromatic N) is 4. The number of fused-ring (bicyclic) bond motifs is 1. The van der Waals surface area contributed by atoms with E-state index < -0.39 is 5.82 Å². The van der Waals surface area contributed by atoms with Gasteiger partial charge in [-0.05, 0) is 54.0 Å². The molecule has 6 rings (SSSR count). The van der Waals surface area contributed by atoms with Crippen molar-refractivity contribution in [2.24, 2.45) is 0 Å². The normalized spacial score (nSPS) is 11.0. The molecular formula is C31H24FN7O2S. The van der Waals surface area contributed by atoms with Gasteiger partial charge >= 0.3 is 6.01 Å². The standard InChI is InChI=1S/C31H24FN7O2S/c1-3-25(40)35-15-18-4-6-19(7-5-18)28-26(27-29(42-28)21(16-36-30(27)33)23-11-13-37-39-23)20-8-9-24(22(32)14-20)41-31-34-12-10-17(2)38-31/h3-14,16H,1,15H2,2H3,(H2,33,36)(H,35,40)(H,37,39).